The zero-order valence-corrected chi connectivity index (χ0v) is 23.8. The number of hydrazine groups is 1. The van der Waals surface area contributed by atoms with Gasteiger partial charge in [-0.15, -0.1) is 0 Å². The summed E-state index contributed by atoms with van der Waals surface area (Å²) in [5, 5.41) is 10.0. The van der Waals surface area contributed by atoms with E-state index >= 15 is 0 Å². The Hall–Kier alpha value is -3.96. The van der Waals surface area contributed by atoms with Gasteiger partial charge in [-0.1, -0.05) is 37.6 Å². The molecule has 0 amide bonds. The van der Waals surface area contributed by atoms with Crippen LogP contribution in [0.1, 0.15) is 38.3 Å². The number of pyridine rings is 1. The lowest BCUT2D eigenvalue weighted by atomic mass is 9.97. The van der Waals surface area contributed by atoms with E-state index < -0.39 is 18.0 Å². The maximum atomic E-state index is 13.8. The topological polar surface area (TPSA) is 127 Å². The van der Waals surface area contributed by atoms with Gasteiger partial charge in [-0.3, -0.25) is 4.79 Å². The van der Waals surface area contributed by atoms with Crippen molar-refractivity contribution >= 4 is 44.8 Å². The fraction of sp³-hybridized carbons (Fsp3) is 0.345. The molecule has 0 saturated heterocycles. The Labute approximate surface area is 241 Å². The molecular weight excluding hydrogens is 550 g/mol. The molecule has 4 aromatic rings. The van der Waals surface area contributed by atoms with Crippen LogP contribution < -0.4 is 27.8 Å². The number of anilines is 2. The highest BCUT2D eigenvalue weighted by molar-refractivity contribution is 6.35. The Kier molecular flexibility index (Phi) is 7.76. The van der Waals surface area contributed by atoms with Crippen LogP contribution >= 0.6 is 11.6 Å². The number of aryl methyl sites for hydroxylation is 1. The summed E-state index contributed by atoms with van der Waals surface area (Å²) in [6.45, 7) is 4.88. The number of benzene rings is 2. The summed E-state index contributed by atoms with van der Waals surface area (Å²) >= 11 is 6.67. The minimum absolute atomic E-state index is 0.174. The first-order valence-corrected chi connectivity index (χ1v) is 13.7. The molecule has 1 saturated carbocycles. The number of aromatic nitrogens is 3. The van der Waals surface area contributed by atoms with Crippen LogP contribution in [0.2, 0.25) is 5.02 Å². The van der Waals surface area contributed by atoms with Crippen molar-refractivity contribution in [1.82, 2.24) is 19.5 Å². The second-order valence-electron chi connectivity index (χ2n) is 10.9. The molecule has 0 radical (unpaired) electrons. The number of alkyl halides is 2. The van der Waals surface area contributed by atoms with E-state index in [1.807, 2.05) is 18.2 Å². The molecule has 1 aliphatic rings. The normalized spacial score (nSPS) is 15.5. The zero-order valence-electron chi connectivity index (χ0n) is 23.0. The number of nitrogens with two attached hydrogens (primary N) is 2. The summed E-state index contributed by atoms with van der Waals surface area (Å²) in [6.07, 6.45) is 2.38. The number of halogens is 3. The quantitative estimate of drug-likeness (QED) is 0.150. The van der Waals surface area contributed by atoms with Gasteiger partial charge in [-0.25, -0.2) is 24.6 Å². The van der Waals surface area contributed by atoms with Crippen LogP contribution in [0.15, 0.2) is 65.6 Å². The highest BCUT2D eigenvalue weighted by Crippen LogP contribution is 2.46. The van der Waals surface area contributed by atoms with E-state index in [2.05, 4.69) is 34.4 Å². The van der Waals surface area contributed by atoms with Crippen LogP contribution in [0.3, 0.4) is 0 Å². The first-order valence-electron chi connectivity index (χ1n) is 13.3. The molecule has 41 heavy (non-hydrogen) atoms. The van der Waals surface area contributed by atoms with Crippen molar-refractivity contribution in [3.8, 4) is 0 Å². The fourth-order valence-electron chi connectivity index (χ4n) is 4.89. The molecule has 6 N–H and O–H groups in total. The minimum Gasteiger partial charge on any atom is -0.399 e. The summed E-state index contributed by atoms with van der Waals surface area (Å²) in [4.78, 5) is 21.7. The Morgan fingerprint density at radius 2 is 1.95 bits per heavy atom. The molecule has 9 nitrogen and oxygen atoms in total. The van der Waals surface area contributed by atoms with Gasteiger partial charge in [0.2, 0.25) is 0 Å². The summed E-state index contributed by atoms with van der Waals surface area (Å²) in [7, 11) is 1.67. The maximum Gasteiger partial charge on any atom is 0.262 e. The highest BCUT2D eigenvalue weighted by atomic mass is 35.5. The van der Waals surface area contributed by atoms with Crippen molar-refractivity contribution in [1.29, 1.82) is 0 Å². The summed E-state index contributed by atoms with van der Waals surface area (Å²) in [5.41, 5.74) is 7.03. The predicted octanol–water partition coefficient (Wildman–Crippen LogP) is 5.13. The van der Waals surface area contributed by atoms with Crippen molar-refractivity contribution in [3.05, 3.63) is 81.8 Å². The van der Waals surface area contributed by atoms with E-state index in [1.54, 1.807) is 31.4 Å². The fourth-order valence-corrected chi connectivity index (χ4v) is 5.16. The third-order valence-electron chi connectivity index (χ3n) is 7.45. The van der Waals surface area contributed by atoms with Crippen molar-refractivity contribution in [2.24, 2.45) is 24.5 Å². The lowest BCUT2D eigenvalue weighted by Gasteiger charge is -2.28. The van der Waals surface area contributed by atoms with Crippen molar-refractivity contribution in [2.45, 2.75) is 44.7 Å². The van der Waals surface area contributed by atoms with Gasteiger partial charge < -0.3 is 25.9 Å². The first-order chi connectivity index (χ1) is 19.5. The standard InChI is InChI=1S/C29H33ClF2N8O/c1-16(2)13-35-26-21-11-17(12-22(30)24(21)36-15-37-26)38-25(23(33)14-40(34)29(8-9-29)28(31)32)19-5-4-6-20-18(19)7-10-39(3)27(20)41/h4-7,10-12,14-16,25,28,38H,8-9,13,33-34H2,1-3H3,(H,35,36,37)/b23-14-. The van der Waals surface area contributed by atoms with Crippen LogP contribution in [-0.2, 0) is 7.05 Å². The smallest absolute Gasteiger partial charge is 0.262 e. The van der Waals surface area contributed by atoms with Gasteiger partial charge in [0.25, 0.3) is 12.0 Å². The number of rotatable bonds is 10. The third kappa shape index (κ3) is 5.51. The molecular formula is C29H33ClF2N8O. The average molecular weight is 583 g/mol. The van der Waals surface area contributed by atoms with Crippen molar-refractivity contribution in [2.75, 3.05) is 17.2 Å². The summed E-state index contributed by atoms with van der Waals surface area (Å²) in [6, 6.07) is 9.98. The van der Waals surface area contributed by atoms with E-state index in [0.717, 1.165) is 5.01 Å². The van der Waals surface area contributed by atoms with Gasteiger partial charge >= 0.3 is 0 Å². The van der Waals surface area contributed by atoms with E-state index in [1.165, 1.54) is 17.1 Å². The van der Waals surface area contributed by atoms with Crippen LogP contribution in [-0.4, -0.2) is 38.1 Å². The number of fused-ring (bicyclic) bond motifs is 2. The number of hydrogen-bond acceptors (Lipinski definition) is 8. The molecule has 2 aromatic heterocycles. The largest absolute Gasteiger partial charge is 0.399 e. The Morgan fingerprint density at radius 1 is 1.20 bits per heavy atom. The molecule has 5 rings (SSSR count). The summed E-state index contributed by atoms with van der Waals surface area (Å²) in [5.74, 6) is 7.14. The Bertz CT molecular complexity index is 1690. The van der Waals surface area contributed by atoms with Gasteiger partial charge in [-0.2, -0.15) is 0 Å². The molecule has 2 heterocycles. The monoisotopic (exact) mass is 582 g/mol. The second kappa shape index (κ2) is 11.1. The molecule has 1 fully saturated rings. The van der Waals surface area contributed by atoms with E-state index in [-0.39, 0.29) is 24.1 Å². The Balaban J connectivity index is 1.63. The van der Waals surface area contributed by atoms with E-state index in [4.69, 9.17) is 23.2 Å². The van der Waals surface area contributed by atoms with Gasteiger partial charge in [0.1, 0.15) is 17.7 Å². The van der Waals surface area contributed by atoms with Gasteiger partial charge in [-0.05, 0) is 54.0 Å². The molecule has 0 aliphatic heterocycles. The van der Waals surface area contributed by atoms with Gasteiger partial charge in [0.15, 0.2) is 0 Å². The first kappa shape index (κ1) is 28.6. The van der Waals surface area contributed by atoms with E-state index in [0.29, 0.717) is 56.2 Å². The van der Waals surface area contributed by atoms with Crippen LogP contribution in [0, 0.1) is 5.92 Å². The lowest BCUT2D eigenvalue weighted by molar-refractivity contribution is 0.0305. The molecule has 0 spiro atoms. The van der Waals surface area contributed by atoms with Crippen molar-refractivity contribution in [3.63, 3.8) is 0 Å². The highest BCUT2D eigenvalue weighted by Gasteiger charge is 2.54. The minimum atomic E-state index is -2.63. The number of hydrogen-bond donors (Lipinski definition) is 4. The van der Waals surface area contributed by atoms with Crippen LogP contribution in [0.5, 0.6) is 0 Å². The molecule has 1 unspecified atom stereocenters. The lowest BCUT2D eigenvalue weighted by Crippen LogP contribution is -2.44. The zero-order chi connectivity index (χ0) is 29.5. The SMILES string of the molecule is CC(C)CNc1ncnc2c(Cl)cc(NC(/C(N)=C/N(N)C3(C(F)F)CC3)c3cccc4c(=O)n(C)ccc34)cc12. The molecule has 12 heteroatoms. The second-order valence-corrected chi connectivity index (χ2v) is 11.3. The van der Waals surface area contributed by atoms with E-state index in [9.17, 15) is 13.6 Å². The predicted molar refractivity (Wildman–Crippen MR) is 160 cm³/mol. The summed E-state index contributed by atoms with van der Waals surface area (Å²) < 4.78 is 29.1. The van der Waals surface area contributed by atoms with Gasteiger partial charge in [0, 0.05) is 42.4 Å². The maximum absolute atomic E-state index is 13.8. The Morgan fingerprint density at radius 3 is 2.63 bits per heavy atom. The molecule has 1 atom stereocenters. The van der Waals surface area contributed by atoms with Crippen molar-refractivity contribution < 1.29 is 8.78 Å². The van der Waals surface area contributed by atoms with Crippen LogP contribution in [0.4, 0.5) is 20.3 Å². The average Bonchev–Trinajstić information content (AvgIpc) is 3.75. The van der Waals surface area contributed by atoms with Gasteiger partial charge in [0.05, 0.1) is 22.3 Å². The third-order valence-corrected chi connectivity index (χ3v) is 7.74. The number of nitrogens with zero attached hydrogens (tertiary/aromatic N) is 4. The molecule has 1 aliphatic carbocycles. The number of nitrogens with one attached hydrogen (secondary N) is 2. The van der Waals surface area contributed by atoms with Crippen LogP contribution in [0.25, 0.3) is 21.7 Å². The molecule has 0 bridgehead atoms. The molecule has 216 valence electrons. The molecule has 2 aromatic carbocycles.